The first kappa shape index (κ1) is 19.3. The molecule has 2 saturated carbocycles. The summed E-state index contributed by atoms with van der Waals surface area (Å²) in [7, 11) is 0. The number of hydrogen-bond donors (Lipinski definition) is 2. The van der Waals surface area contributed by atoms with Gasteiger partial charge in [-0.15, -0.1) is 24.0 Å². The van der Waals surface area contributed by atoms with Crippen molar-refractivity contribution in [1.29, 1.82) is 0 Å². The third-order valence-corrected chi connectivity index (χ3v) is 4.41. The highest BCUT2D eigenvalue weighted by Crippen LogP contribution is 2.27. The molecule has 0 atom stereocenters. The van der Waals surface area contributed by atoms with Crippen LogP contribution in [0.1, 0.15) is 51.0 Å². The molecular formula is C18H29IN4O. The van der Waals surface area contributed by atoms with E-state index < -0.39 is 0 Å². The van der Waals surface area contributed by atoms with Crippen LogP contribution in [0, 0.1) is 5.92 Å². The van der Waals surface area contributed by atoms with Gasteiger partial charge >= 0.3 is 0 Å². The summed E-state index contributed by atoms with van der Waals surface area (Å²) in [5.41, 5.74) is 1.14. The number of ether oxygens (including phenoxy) is 1. The highest BCUT2D eigenvalue weighted by atomic mass is 127. The largest absolute Gasteiger partial charge is 0.474 e. The minimum Gasteiger partial charge on any atom is -0.474 e. The van der Waals surface area contributed by atoms with Crippen molar-refractivity contribution in [3.63, 3.8) is 0 Å². The normalized spacial score (nSPS) is 18.1. The molecule has 1 aromatic rings. The van der Waals surface area contributed by atoms with E-state index in [0.717, 1.165) is 49.3 Å². The summed E-state index contributed by atoms with van der Waals surface area (Å²) in [6, 6.07) is 4.03. The first-order valence-corrected chi connectivity index (χ1v) is 8.97. The molecule has 0 spiro atoms. The van der Waals surface area contributed by atoms with Crippen molar-refractivity contribution in [2.45, 2.75) is 58.1 Å². The summed E-state index contributed by atoms with van der Waals surface area (Å²) in [6.07, 6.45) is 9.70. The van der Waals surface area contributed by atoms with Crippen molar-refractivity contribution in [1.82, 2.24) is 15.6 Å². The molecular weight excluding hydrogens is 415 g/mol. The van der Waals surface area contributed by atoms with Gasteiger partial charge in [-0.3, -0.25) is 0 Å². The molecule has 2 fully saturated rings. The minimum absolute atomic E-state index is 0. The topological polar surface area (TPSA) is 58.5 Å². The Hall–Kier alpha value is -1.05. The lowest BCUT2D eigenvalue weighted by atomic mass is 10.2. The zero-order valence-electron chi connectivity index (χ0n) is 14.5. The van der Waals surface area contributed by atoms with Gasteiger partial charge in [0.15, 0.2) is 5.96 Å². The minimum atomic E-state index is 0. The first-order valence-electron chi connectivity index (χ1n) is 8.97. The second kappa shape index (κ2) is 10.1. The van der Waals surface area contributed by atoms with Crippen LogP contribution in [-0.4, -0.2) is 30.1 Å². The number of aliphatic imine (C=N–C) groups is 1. The van der Waals surface area contributed by atoms with Gasteiger partial charge in [0, 0.05) is 25.4 Å². The number of hydrogen-bond acceptors (Lipinski definition) is 3. The average molecular weight is 444 g/mol. The zero-order chi connectivity index (χ0) is 15.9. The SMILES string of the molecule is CCNC(=NCc1ccnc(OC2CCCC2)c1)NCC1CC1.I. The maximum atomic E-state index is 5.97. The standard InChI is InChI=1S/C18H28N4O.HI/c1-2-19-18(21-12-14-7-8-14)22-13-15-9-10-20-17(11-15)23-16-5-3-4-6-16;/h9-11,14,16H,2-8,12-13H2,1H3,(H2,19,21,22);1H. The molecule has 0 aliphatic heterocycles. The number of guanidine groups is 1. The van der Waals surface area contributed by atoms with Crippen LogP contribution in [0.5, 0.6) is 5.88 Å². The Morgan fingerprint density at radius 3 is 2.75 bits per heavy atom. The Labute approximate surface area is 162 Å². The van der Waals surface area contributed by atoms with E-state index in [0.29, 0.717) is 12.6 Å². The van der Waals surface area contributed by atoms with Crippen molar-refractivity contribution in [3.8, 4) is 5.88 Å². The van der Waals surface area contributed by atoms with E-state index in [4.69, 9.17) is 4.74 Å². The van der Waals surface area contributed by atoms with Crippen LogP contribution >= 0.6 is 24.0 Å². The van der Waals surface area contributed by atoms with Gasteiger partial charge in [0.25, 0.3) is 0 Å². The number of rotatable bonds is 7. The molecule has 0 aromatic carbocycles. The summed E-state index contributed by atoms with van der Waals surface area (Å²) in [5, 5.41) is 6.72. The van der Waals surface area contributed by atoms with E-state index in [2.05, 4.69) is 27.5 Å². The molecule has 0 amide bonds. The Morgan fingerprint density at radius 2 is 2.04 bits per heavy atom. The Morgan fingerprint density at radius 1 is 1.25 bits per heavy atom. The van der Waals surface area contributed by atoms with Crippen LogP contribution < -0.4 is 15.4 Å². The van der Waals surface area contributed by atoms with E-state index in [1.165, 1.54) is 25.7 Å². The quantitative estimate of drug-likeness (QED) is 0.384. The molecule has 24 heavy (non-hydrogen) atoms. The molecule has 0 saturated heterocycles. The van der Waals surface area contributed by atoms with Gasteiger partial charge in [-0.2, -0.15) is 0 Å². The predicted molar refractivity (Wildman–Crippen MR) is 108 cm³/mol. The Balaban J connectivity index is 0.00000208. The van der Waals surface area contributed by atoms with Gasteiger partial charge in [0.05, 0.1) is 6.54 Å². The van der Waals surface area contributed by atoms with Crippen LogP contribution in [0.3, 0.4) is 0 Å². The van der Waals surface area contributed by atoms with Crippen molar-refractivity contribution in [3.05, 3.63) is 23.9 Å². The molecule has 0 unspecified atom stereocenters. The molecule has 2 aliphatic rings. The third-order valence-electron chi connectivity index (χ3n) is 4.41. The Kier molecular flexibility index (Phi) is 8.08. The lowest BCUT2D eigenvalue weighted by Crippen LogP contribution is -2.38. The van der Waals surface area contributed by atoms with E-state index in [1.54, 1.807) is 0 Å². The highest BCUT2D eigenvalue weighted by molar-refractivity contribution is 14.0. The summed E-state index contributed by atoms with van der Waals surface area (Å²) < 4.78 is 5.97. The fraction of sp³-hybridized carbons (Fsp3) is 0.667. The summed E-state index contributed by atoms with van der Waals surface area (Å²) in [6.45, 7) is 4.64. The average Bonchev–Trinajstić information content (AvgIpc) is 3.26. The predicted octanol–water partition coefficient (Wildman–Crippen LogP) is 3.49. The van der Waals surface area contributed by atoms with Crippen molar-refractivity contribution < 1.29 is 4.74 Å². The fourth-order valence-electron chi connectivity index (χ4n) is 2.87. The van der Waals surface area contributed by atoms with Gasteiger partial charge in [-0.05, 0) is 63.0 Å². The van der Waals surface area contributed by atoms with Crippen LogP contribution in [-0.2, 0) is 6.54 Å². The lowest BCUT2D eigenvalue weighted by Gasteiger charge is -2.13. The molecule has 0 radical (unpaired) electrons. The van der Waals surface area contributed by atoms with E-state index in [-0.39, 0.29) is 24.0 Å². The van der Waals surface area contributed by atoms with Gasteiger partial charge < -0.3 is 15.4 Å². The molecule has 3 rings (SSSR count). The van der Waals surface area contributed by atoms with Crippen LogP contribution in [0.4, 0.5) is 0 Å². The number of aromatic nitrogens is 1. The maximum absolute atomic E-state index is 5.97. The van der Waals surface area contributed by atoms with Crippen molar-refractivity contribution >= 4 is 29.9 Å². The number of pyridine rings is 1. The number of nitrogens with zero attached hydrogens (tertiary/aromatic N) is 2. The van der Waals surface area contributed by atoms with Crippen LogP contribution in [0.2, 0.25) is 0 Å². The van der Waals surface area contributed by atoms with E-state index in [9.17, 15) is 0 Å². The molecule has 134 valence electrons. The number of halogens is 1. The molecule has 1 heterocycles. The summed E-state index contributed by atoms with van der Waals surface area (Å²) in [4.78, 5) is 9.00. The molecule has 2 N–H and O–H groups in total. The Bertz CT molecular complexity index is 528. The molecule has 5 nitrogen and oxygen atoms in total. The molecule has 1 aromatic heterocycles. The fourth-order valence-corrected chi connectivity index (χ4v) is 2.87. The van der Waals surface area contributed by atoms with Crippen molar-refractivity contribution in [2.75, 3.05) is 13.1 Å². The summed E-state index contributed by atoms with van der Waals surface area (Å²) in [5.74, 6) is 2.47. The van der Waals surface area contributed by atoms with E-state index in [1.807, 2.05) is 18.3 Å². The van der Waals surface area contributed by atoms with Crippen LogP contribution in [0.25, 0.3) is 0 Å². The second-order valence-corrected chi connectivity index (χ2v) is 6.55. The summed E-state index contributed by atoms with van der Waals surface area (Å²) >= 11 is 0. The van der Waals surface area contributed by atoms with Gasteiger partial charge in [0.1, 0.15) is 6.10 Å². The lowest BCUT2D eigenvalue weighted by molar-refractivity contribution is 0.201. The highest BCUT2D eigenvalue weighted by Gasteiger charge is 2.21. The number of nitrogens with one attached hydrogen (secondary N) is 2. The molecule has 6 heteroatoms. The second-order valence-electron chi connectivity index (χ2n) is 6.55. The molecule has 2 aliphatic carbocycles. The van der Waals surface area contributed by atoms with Gasteiger partial charge in [-0.1, -0.05) is 0 Å². The smallest absolute Gasteiger partial charge is 0.213 e. The van der Waals surface area contributed by atoms with E-state index >= 15 is 0 Å². The van der Waals surface area contributed by atoms with Gasteiger partial charge in [0.2, 0.25) is 5.88 Å². The zero-order valence-corrected chi connectivity index (χ0v) is 16.8. The van der Waals surface area contributed by atoms with Crippen molar-refractivity contribution in [2.24, 2.45) is 10.9 Å². The first-order chi connectivity index (χ1) is 11.3. The third kappa shape index (κ3) is 6.45. The monoisotopic (exact) mass is 444 g/mol. The molecule has 0 bridgehead atoms. The van der Waals surface area contributed by atoms with Gasteiger partial charge in [-0.25, -0.2) is 9.98 Å². The maximum Gasteiger partial charge on any atom is 0.213 e. The van der Waals surface area contributed by atoms with Crippen LogP contribution in [0.15, 0.2) is 23.3 Å².